The van der Waals surface area contributed by atoms with Crippen LogP contribution in [0.3, 0.4) is 0 Å². The zero-order valence-corrected chi connectivity index (χ0v) is 15.2. The van der Waals surface area contributed by atoms with Gasteiger partial charge in [-0.25, -0.2) is 0 Å². The molecule has 26 heavy (non-hydrogen) atoms. The summed E-state index contributed by atoms with van der Waals surface area (Å²) < 4.78 is 16.1. The summed E-state index contributed by atoms with van der Waals surface area (Å²) in [6, 6.07) is 16.2. The predicted molar refractivity (Wildman–Crippen MR) is 106 cm³/mol. The fourth-order valence-corrected chi connectivity index (χ4v) is 2.23. The Balaban J connectivity index is 1.68. The van der Waals surface area contributed by atoms with E-state index in [0.717, 1.165) is 22.6 Å². The van der Waals surface area contributed by atoms with Crippen molar-refractivity contribution in [3.05, 3.63) is 59.7 Å². The molecule has 5 heteroatoms. The lowest BCUT2D eigenvalue weighted by Crippen LogP contribution is -2.11. The van der Waals surface area contributed by atoms with Crippen LogP contribution in [-0.2, 0) is 9.47 Å². The Morgan fingerprint density at radius 2 is 1.31 bits per heavy atom. The van der Waals surface area contributed by atoms with E-state index in [4.69, 9.17) is 19.3 Å². The zero-order valence-electron chi connectivity index (χ0n) is 15.2. The monoisotopic (exact) mass is 357 g/mol. The minimum absolute atomic E-state index is 0.0386. The Hall–Kier alpha value is -2.34. The Morgan fingerprint density at radius 1 is 0.769 bits per heavy atom. The first-order valence-electron chi connectivity index (χ1n) is 8.77. The number of anilines is 1. The van der Waals surface area contributed by atoms with Crippen LogP contribution in [0.15, 0.2) is 48.5 Å². The van der Waals surface area contributed by atoms with Gasteiger partial charge in [-0.15, -0.1) is 0 Å². The maximum atomic E-state index is 8.57. The van der Waals surface area contributed by atoms with Gasteiger partial charge in [0.2, 0.25) is 0 Å². The standard InChI is InChI=1S/C21H27NO4/c1-22-20-8-4-18(5-9-20)2-3-19-6-10-21(11-7-19)26-17-16-25-15-14-24-13-12-23/h2-11,22-23H,12-17H2,1H3. The predicted octanol–water partition coefficient (Wildman–Crippen LogP) is 3.30. The quantitative estimate of drug-likeness (QED) is 0.451. The number of rotatable bonds is 12. The Kier molecular flexibility index (Phi) is 9.29. The summed E-state index contributed by atoms with van der Waals surface area (Å²) in [4.78, 5) is 0. The van der Waals surface area contributed by atoms with Gasteiger partial charge in [-0.2, -0.15) is 0 Å². The summed E-state index contributed by atoms with van der Waals surface area (Å²) in [7, 11) is 1.91. The first-order valence-corrected chi connectivity index (χ1v) is 8.77. The van der Waals surface area contributed by atoms with Gasteiger partial charge in [0.15, 0.2) is 0 Å². The lowest BCUT2D eigenvalue weighted by Gasteiger charge is -2.07. The molecule has 0 fully saturated rings. The van der Waals surface area contributed by atoms with Gasteiger partial charge in [-0.3, -0.25) is 0 Å². The largest absolute Gasteiger partial charge is 0.491 e. The van der Waals surface area contributed by atoms with Gasteiger partial charge in [-0.1, -0.05) is 36.4 Å². The van der Waals surface area contributed by atoms with Crippen molar-refractivity contribution in [1.82, 2.24) is 0 Å². The lowest BCUT2D eigenvalue weighted by molar-refractivity contribution is 0.0247. The highest BCUT2D eigenvalue weighted by Crippen LogP contribution is 2.15. The van der Waals surface area contributed by atoms with Crippen LogP contribution >= 0.6 is 0 Å². The molecule has 2 aromatic carbocycles. The number of hydrogen-bond donors (Lipinski definition) is 2. The second-order valence-corrected chi connectivity index (χ2v) is 5.57. The van der Waals surface area contributed by atoms with E-state index in [0.29, 0.717) is 33.0 Å². The maximum absolute atomic E-state index is 8.57. The molecule has 5 nitrogen and oxygen atoms in total. The summed E-state index contributed by atoms with van der Waals surface area (Å²) in [5.74, 6) is 0.820. The van der Waals surface area contributed by atoms with Gasteiger partial charge in [0.25, 0.3) is 0 Å². The molecule has 0 unspecified atom stereocenters. The molecule has 2 aromatic rings. The van der Waals surface area contributed by atoms with Crippen LogP contribution in [0.4, 0.5) is 5.69 Å². The topological polar surface area (TPSA) is 60.0 Å². The van der Waals surface area contributed by atoms with Crippen LogP contribution in [0.25, 0.3) is 12.2 Å². The van der Waals surface area contributed by atoms with Gasteiger partial charge >= 0.3 is 0 Å². The van der Waals surface area contributed by atoms with E-state index in [2.05, 4.69) is 41.7 Å². The first-order chi connectivity index (χ1) is 12.8. The third-order valence-electron chi connectivity index (χ3n) is 3.65. The highest BCUT2D eigenvalue weighted by Gasteiger charge is 1.95. The molecule has 0 bridgehead atoms. The van der Waals surface area contributed by atoms with Crippen LogP contribution in [-0.4, -0.2) is 51.8 Å². The van der Waals surface area contributed by atoms with Gasteiger partial charge in [-0.05, 0) is 35.4 Å². The minimum Gasteiger partial charge on any atom is -0.491 e. The van der Waals surface area contributed by atoms with Gasteiger partial charge < -0.3 is 24.6 Å². The molecule has 0 aromatic heterocycles. The van der Waals surface area contributed by atoms with E-state index >= 15 is 0 Å². The molecule has 0 amide bonds. The van der Waals surface area contributed by atoms with E-state index in [1.165, 1.54) is 0 Å². The molecule has 2 rings (SSSR count). The molecule has 0 aliphatic carbocycles. The van der Waals surface area contributed by atoms with Crippen molar-refractivity contribution in [2.75, 3.05) is 52.0 Å². The number of benzene rings is 2. The molecule has 0 atom stereocenters. The zero-order chi connectivity index (χ0) is 18.5. The van der Waals surface area contributed by atoms with Crippen LogP contribution in [0, 0.1) is 0 Å². The minimum atomic E-state index is 0.0386. The maximum Gasteiger partial charge on any atom is 0.119 e. The Labute approximate surface area is 155 Å². The molecule has 0 saturated heterocycles. The summed E-state index contributed by atoms with van der Waals surface area (Å²) >= 11 is 0. The number of hydrogen-bond acceptors (Lipinski definition) is 5. The summed E-state index contributed by atoms with van der Waals surface area (Å²) in [5, 5.41) is 11.7. The van der Waals surface area contributed by atoms with Gasteiger partial charge in [0.05, 0.1) is 33.0 Å². The van der Waals surface area contributed by atoms with E-state index in [-0.39, 0.29) is 6.61 Å². The Bertz CT molecular complexity index is 638. The Morgan fingerprint density at radius 3 is 1.88 bits per heavy atom. The van der Waals surface area contributed by atoms with Crippen molar-refractivity contribution < 1.29 is 19.3 Å². The van der Waals surface area contributed by atoms with Crippen molar-refractivity contribution in [3.63, 3.8) is 0 Å². The molecule has 0 saturated carbocycles. The average Bonchev–Trinajstić information content (AvgIpc) is 2.69. The third-order valence-corrected chi connectivity index (χ3v) is 3.65. The fraction of sp³-hybridized carbons (Fsp3) is 0.333. The number of ether oxygens (including phenoxy) is 3. The van der Waals surface area contributed by atoms with Crippen molar-refractivity contribution in [3.8, 4) is 5.75 Å². The first kappa shape index (κ1) is 20.0. The third kappa shape index (κ3) is 7.70. The van der Waals surface area contributed by atoms with Crippen LogP contribution in [0.2, 0.25) is 0 Å². The molecule has 140 valence electrons. The van der Waals surface area contributed by atoms with Crippen molar-refractivity contribution >= 4 is 17.8 Å². The normalized spacial score (nSPS) is 11.0. The smallest absolute Gasteiger partial charge is 0.119 e. The van der Waals surface area contributed by atoms with Gasteiger partial charge in [0.1, 0.15) is 12.4 Å². The molecule has 0 spiro atoms. The molecular formula is C21H27NO4. The second-order valence-electron chi connectivity index (χ2n) is 5.57. The molecule has 0 radical (unpaired) electrons. The van der Waals surface area contributed by atoms with E-state index in [1.807, 2.05) is 31.3 Å². The second kappa shape index (κ2) is 12.1. The number of aliphatic hydroxyl groups is 1. The van der Waals surface area contributed by atoms with Crippen LogP contribution < -0.4 is 10.1 Å². The van der Waals surface area contributed by atoms with Crippen LogP contribution in [0.1, 0.15) is 11.1 Å². The van der Waals surface area contributed by atoms with Crippen molar-refractivity contribution in [2.45, 2.75) is 0 Å². The SMILES string of the molecule is CNc1ccc(C=Cc2ccc(OCCOCCOCCO)cc2)cc1. The highest BCUT2D eigenvalue weighted by atomic mass is 16.5. The van der Waals surface area contributed by atoms with E-state index < -0.39 is 0 Å². The lowest BCUT2D eigenvalue weighted by atomic mass is 10.1. The highest BCUT2D eigenvalue weighted by molar-refractivity contribution is 5.70. The summed E-state index contributed by atoms with van der Waals surface area (Å²) in [5.41, 5.74) is 3.38. The molecule has 2 N–H and O–H groups in total. The number of aliphatic hydroxyl groups excluding tert-OH is 1. The molecule has 0 aliphatic heterocycles. The summed E-state index contributed by atoms with van der Waals surface area (Å²) in [6.45, 7) is 2.38. The van der Waals surface area contributed by atoms with Crippen molar-refractivity contribution in [2.24, 2.45) is 0 Å². The van der Waals surface area contributed by atoms with E-state index in [1.54, 1.807) is 0 Å². The van der Waals surface area contributed by atoms with Crippen LogP contribution in [0.5, 0.6) is 5.75 Å². The molecule has 0 heterocycles. The van der Waals surface area contributed by atoms with Gasteiger partial charge in [0, 0.05) is 12.7 Å². The van der Waals surface area contributed by atoms with E-state index in [9.17, 15) is 0 Å². The van der Waals surface area contributed by atoms with Crippen molar-refractivity contribution in [1.29, 1.82) is 0 Å². The number of nitrogens with one attached hydrogen (secondary N) is 1. The fourth-order valence-electron chi connectivity index (χ4n) is 2.23. The molecular weight excluding hydrogens is 330 g/mol. The average molecular weight is 357 g/mol. The molecule has 0 aliphatic rings. The summed E-state index contributed by atoms with van der Waals surface area (Å²) in [6.07, 6.45) is 4.16.